The Hall–Kier alpha value is -0.560. The molecule has 0 radical (unpaired) electrons. The zero-order valence-electron chi connectivity index (χ0n) is 11.7. The van der Waals surface area contributed by atoms with Crippen molar-refractivity contribution in [3.05, 3.63) is 0 Å². The van der Waals surface area contributed by atoms with Crippen molar-refractivity contribution in [3.63, 3.8) is 0 Å². The first-order chi connectivity index (χ1) is 7.58. The van der Waals surface area contributed by atoms with Crippen LogP contribution >= 0.6 is 11.8 Å². The van der Waals surface area contributed by atoms with E-state index in [9.17, 15) is 0 Å². The maximum Gasteiger partial charge on any atom is 0.196 e. The molecular weight excluding hydrogens is 240 g/mol. The van der Waals surface area contributed by atoms with Crippen molar-refractivity contribution in [2.75, 3.05) is 35.2 Å². The fourth-order valence-electron chi connectivity index (χ4n) is 2.02. The summed E-state index contributed by atoms with van der Waals surface area (Å²) in [6, 6.07) is 0. The van der Waals surface area contributed by atoms with Gasteiger partial charge in [-0.15, -0.1) is 0 Å². The van der Waals surface area contributed by atoms with Gasteiger partial charge in [-0.05, 0) is 46.8 Å². The second kappa shape index (κ2) is 4.28. The van der Waals surface area contributed by atoms with E-state index in [-0.39, 0.29) is 0 Å². The predicted molar refractivity (Wildman–Crippen MR) is 71.3 cm³/mol. The van der Waals surface area contributed by atoms with Crippen molar-refractivity contribution in [2.24, 2.45) is 10.7 Å². The maximum absolute atomic E-state index is 6.21. The van der Waals surface area contributed by atoms with Crippen molar-refractivity contribution >= 4 is 17.7 Å². The fraction of sp³-hybridized carbons (Fsp3) is 0.900. The van der Waals surface area contributed by atoms with E-state index in [4.69, 9.17) is 17.5 Å². The van der Waals surface area contributed by atoms with Crippen molar-refractivity contribution in [1.29, 1.82) is 0 Å². The van der Waals surface area contributed by atoms with Gasteiger partial charge >= 0.3 is 0 Å². The van der Waals surface area contributed by atoms with Gasteiger partial charge in [0.15, 0.2) is 17.5 Å². The average Bonchev–Trinajstić information content (AvgIpc) is 2.23. The molecule has 1 heterocycles. The van der Waals surface area contributed by atoms with E-state index < -0.39 is 11.6 Å². The van der Waals surface area contributed by atoms with E-state index in [2.05, 4.69) is 9.89 Å². The molecule has 0 aromatic carbocycles. The highest BCUT2D eigenvalue weighted by Crippen LogP contribution is 2.35. The zero-order valence-corrected chi connectivity index (χ0v) is 12.4. The Balaban J connectivity index is 3.35. The minimum atomic E-state index is -0.549. The SMILES string of the molecule is CN(C)C1(C)N=C(N)N(C)C(C)(N(C)Cl)N1C. The molecule has 1 rings (SSSR count). The van der Waals surface area contributed by atoms with E-state index in [0.717, 1.165) is 0 Å². The third kappa shape index (κ3) is 1.89. The van der Waals surface area contributed by atoms with Gasteiger partial charge in [-0.25, -0.2) is 9.89 Å². The molecule has 0 bridgehead atoms. The summed E-state index contributed by atoms with van der Waals surface area (Å²) in [6.45, 7) is 4.01. The highest BCUT2D eigenvalue weighted by atomic mass is 35.5. The van der Waals surface area contributed by atoms with Gasteiger partial charge in [-0.3, -0.25) is 4.90 Å². The summed E-state index contributed by atoms with van der Waals surface area (Å²) in [7, 11) is 9.60. The van der Waals surface area contributed by atoms with E-state index in [0.29, 0.717) is 5.96 Å². The predicted octanol–water partition coefficient (Wildman–Crippen LogP) is 0.173. The van der Waals surface area contributed by atoms with Crippen molar-refractivity contribution in [1.82, 2.24) is 19.1 Å². The second-order valence-electron chi connectivity index (χ2n) is 4.90. The summed E-state index contributed by atoms with van der Waals surface area (Å²) in [6.07, 6.45) is 0. The molecule has 6 nitrogen and oxygen atoms in total. The monoisotopic (exact) mass is 262 g/mol. The highest BCUT2D eigenvalue weighted by Gasteiger charge is 2.51. The largest absolute Gasteiger partial charge is 0.370 e. The minimum absolute atomic E-state index is 0.467. The van der Waals surface area contributed by atoms with Crippen LogP contribution in [0.3, 0.4) is 0 Å². The van der Waals surface area contributed by atoms with Crippen molar-refractivity contribution in [2.45, 2.75) is 25.4 Å². The summed E-state index contributed by atoms with van der Waals surface area (Å²) >= 11 is 6.21. The van der Waals surface area contributed by atoms with Gasteiger partial charge in [0.25, 0.3) is 0 Å². The summed E-state index contributed by atoms with van der Waals surface area (Å²) in [5, 5.41) is 0. The molecule has 2 N–H and O–H groups in total. The molecule has 17 heavy (non-hydrogen) atoms. The number of guanidine groups is 1. The van der Waals surface area contributed by atoms with E-state index in [1.165, 1.54) is 0 Å². The maximum atomic E-state index is 6.21. The van der Waals surface area contributed by atoms with Crippen molar-refractivity contribution in [3.8, 4) is 0 Å². The number of nitrogens with zero attached hydrogens (tertiary/aromatic N) is 5. The molecule has 0 aliphatic carbocycles. The summed E-state index contributed by atoms with van der Waals surface area (Å²) < 4.78 is 1.61. The molecule has 0 spiro atoms. The lowest BCUT2D eigenvalue weighted by Gasteiger charge is -2.58. The lowest BCUT2D eigenvalue weighted by atomic mass is 10.2. The topological polar surface area (TPSA) is 51.3 Å². The minimum Gasteiger partial charge on any atom is -0.370 e. The van der Waals surface area contributed by atoms with Crippen LogP contribution in [0.2, 0.25) is 0 Å². The van der Waals surface area contributed by atoms with Gasteiger partial charge in [0, 0.05) is 14.1 Å². The third-order valence-corrected chi connectivity index (χ3v) is 4.33. The molecule has 100 valence electrons. The molecule has 0 aromatic heterocycles. The first-order valence-corrected chi connectivity index (χ1v) is 5.82. The highest BCUT2D eigenvalue weighted by molar-refractivity contribution is 6.13. The van der Waals surface area contributed by atoms with Crippen LogP contribution in [0, 0.1) is 0 Å². The van der Waals surface area contributed by atoms with Crippen LogP contribution in [0.15, 0.2) is 4.99 Å². The number of aliphatic imine (C=N–C) groups is 1. The second-order valence-corrected chi connectivity index (χ2v) is 5.41. The molecule has 7 heteroatoms. The van der Waals surface area contributed by atoms with Gasteiger partial charge in [-0.1, -0.05) is 0 Å². The quantitative estimate of drug-likeness (QED) is 0.720. The molecule has 0 fully saturated rings. The Kier molecular flexibility index (Phi) is 3.65. The van der Waals surface area contributed by atoms with Gasteiger partial charge in [0.1, 0.15) is 0 Å². The fourth-order valence-corrected chi connectivity index (χ4v) is 2.25. The third-order valence-electron chi connectivity index (χ3n) is 4.01. The Morgan fingerprint density at radius 3 is 2.06 bits per heavy atom. The molecule has 0 amide bonds. The van der Waals surface area contributed by atoms with Crippen LogP contribution in [0.5, 0.6) is 0 Å². The number of hydrogen-bond acceptors (Lipinski definition) is 6. The molecule has 2 atom stereocenters. The molecule has 1 aliphatic heterocycles. The molecule has 0 saturated carbocycles. The molecule has 0 saturated heterocycles. The number of halogens is 1. The Morgan fingerprint density at radius 1 is 1.24 bits per heavy atom. The van der Waals surface area contributed by atoms with Gasteiger partial charge in [0.05, 0.1) is 0 Å². The zero-order chi connectivity index (χ0) is 13.6. The molecule has 0 aromatic rings. The lowest BCUT2D eigenvalue weighted by Crippen LogP contribution is -2.76. The normalized spacial score (nSPS) is 35.6. The first kappa shape index (κ1) is 14.5. The van der Waals surface area contributed by atoms with E-state index >= 15 is 0 Å². The smallest absolute Gasteiger partial charge is 0.196 e. The van der Waals surface area contributed by atoms with Crippen LogP contribution in [-0.2, 0) is 0 Å². The molecule has 2 unspecified atom stereocenters. The van der Waals surface area contributed by atoms with Gasteiger partial charge in [0.2, 0.25) is 0 Å². The van der Waals surface area contributed by atoms with E-state index in [1.54, 1.807) is 4.42 Å². The van der Waals surface area contributed by atoms with Crippen LogP contribution in [0.1, 0.15) is 13.8 Å². The summed E-state index contributed by atoms with van der Waals surface area (Å²) in [5.74, 6) is -0.615. The number of hydrogen-bond donors (Lipinski definition) is 1. The van der Waals surface area contributed by atoms with Gasteiger partial charge in [-0.2, -0.15) is 4.42 Å². The van der Waals surface area contributed by atoms with Crippen LogP contribution in [0.25, 0.3) is 0 Å². The lowest BCUT2D eigenvalue weighted by molar-refractivity contribution is -0.161. The van der Waals surface area contributed by atoms with Gasteiger partial charge < -0.3 is 10.6 Å². The first-order valence-electron chi connectivity index (χ1n) is 5.48. The Morgan fingerprint density at radius 2 is 1.71 bits per heavy atom. The Labute approximate surface area is 109 Å². The molecule has 1 aliphatic rings. The van der Waals surface area contributed by atoms with Crippen LogP contribution in [0.4, 0.5) is 0 Å². The summed E-state index contributed by atoms with van der Waals surface area (Å²) in [4.78, 5) is 10.5. The average molecular weight is 263 g/mol. The number of rotatable bonds is 2. The molecular formula is C10H23ClN6. The van der Waals surface area contributed by atoms with Crippen molar-refractivity contribution < 1.29 is 0 Å². The summed E-state index contributed by atoms with van der Waals surface area (Å²) in [5.41, 5.74) is 6.00. The van der Waals surface area contributed by atoms with E-state index in [1.807, 2.05) is 58.9 Å². The van der Waals surface area contributed by atoms with Crippen LogP contribution < -0.4 is 5.73 Å². The Bertz CT molecular complexity index is 331. The number of nitrogens with two attached hydrogens (primary N) is 1. The standard InChI is InChI=1S/C10H23ClN6/c1-9(14(3)4)13-8(12)15(5)10(2,16(9)6)17(7)11/h1-7H3,(H2,12,13). The van der Waals surface area contributed by atoms with Crippen LogP contribution in [-0.4, -0.2) is 71.9 Å².